The molecule has 0 bridgehead atoms. The molecule has 110 valence electrons. The number of aliphatic hydroxyl groups is 1. The number of fused-ring (bicyclic) bond motifs is 1. The van der Waals surface area contributed by atoms with Gasteiger partial charge in [0.15, 0.2) is 5.65 Å². The molecule has 2 aromatic heterocycles. The van der Waals surface area contributed by atoms with Crippen LogP contribution >= 0.6 is 0 Å². The number of aromatic nitrogens is 3. The number of pyridine rings is 1. The van der Waals surface area contributed by atoms with Gasteiger partial charge in [0.25, 0.3) is 0 Å². The zero-order valence-electron chi connectivity index (χ0n) is 12.7. The smallest absolute Gasteiger partial charge is 0.330 e. The zero-order valence-corrected chi connectivity index (χ0v) is 12.7. The second kappa shape index (κ2) is 5.40. The summed E-state index contributed by atoms with van der Waals surface area (Å²) in [5, 5.41) is 8.88. The average Bonchev–Trinajstić information content (AvgIpc) is 2.60. The molecule has 20 heavy (non-hydrogen) atoms. The van der Waals surface area contributed by atoms with Crippen molar-refractivity contribution in [2.24, 2.45) is 12.5 Å². The molecular formula is C15H23N3O2. The quantitative estimate of drug-likeness (QED) is 0.925. The van der Waals surface area contributed by atoms with Crippen LogP contribution < -0.4 is 5.69 Å². The van der Waals surface area contributed by atoms with Crippen LogP contribution in [-0.4, -0.2) is 25.8 Å². The number of hydrogen-bond acceptors (Lipinski definition) is 3. The number of imidazole rings is 1. The molecular weight excluding hydrogens is 254 g/mol. The predicted molar refractivity (Wildman–Crippen MR) is 79.8 cm³/mol. The summed E-state index contributed by atoms with van der Waals surface area (Å²) in [5.74, 6) is 0. The lowest BCUT2D eigenvalue weighted by Crippen LogP contribution is -2.27. The summed E-state index contributed by atoms with van der Waals surface area (Å²) in [5.41, 5.74) is 2.51. The molecule has 0 saturated heterocycles. The molecule has 2 aromatic rings. The van der Waals surface area contributed by atoms with Crippen molar-refractivity contribution in [2.45, 2.75) is 40.2 Å². The highest BCUT2D eigenvalue weighted by Crippen LogP contribution is 2.19. The minimum Gasteiger partial charge on any atom is -0.396 e. The highest BCUT2D eigenvalue weighted by atomic mass is 16.2. The van der Waals surface area contributed by atoms with E-state index >= 15 is 0 Å². The van der Waals surface area contributed by atoms with E-state index in [0.29, 0.717) is 13.0 Å². The van der Waals surface area contributed by atoms with Gasteiger partial charge in [-0.3, -0.25) is 9.13 Å². The molecule has 0 aliphatic heterocycles. The Labute approximate surface area is 118 Å². The van der Waals surface area contributed by atoms with Gasteiger partial charge in [0, 0.05) is 25.9 Å². The van der Waals surface area contributed by atoms with E-state index in [2.05, 4.69) is 25.8 Å². The third-order valence-corrected chi connectivity index (χ3v) is 3.26. The monoisotopic (exact) mass is 277 g/mol. The van der Waals surface area contributed by atoms with Crippen molar-refractivity contribution in [1.29, 1.82) is 0 Å². The number of nitrogens with zero attached hydrogens (tertiary/aromatic N) is 3. The Morgan fingerprint density at radius 1 is 1.30 bits per heavy atom. The van der Waals surface area contributed by atoms with Crippen LogP contribution in [0.4, 0.5) is 0 Å². The Morgan fingerprint density at radius 3 is 2.60 bits per heavy atom. The Kier molecular flexibility index (Phi) is 3.99. The molecule has 2 heterocycles. The van der Waals surface area contributed by atoms with Gasteiger partial charge in [-0.15, -0.1) is 0 Å². The molecule has 0 aliphatic rings. The molecule has 5 nitrogen and oxygen atoms in total. The highest BCUT2D eigenvalue weighted by Gasteiger charge is 2.18. The lowest BCUT2D eigenvalue weighted by molar-refractivity contribution is 0.288. The highest BCUT2D eigenvalue weighted by molar-refractivity contribution is 5.71. The van der Waals surface area contributed by atoms with Crippen LogP contribution in [0.2, 0.25) is 0 Å². The Balaban J connectivity index is 2.51. The van der Waals surface area contributed by atoms with Crippen molar-refractivity contribution < 1.29 is 5.11 Å². The SMILES string of the molecule is Cn1c(=O)n(CC(C)(C)C)c2ccc(CCCO)nc21. The maximum Gasteiger partial charge on any atom is 0.330 e. The summed E-state index contributed by atoms with van der Waals surface area (Å²) in [6.07, 6.45) is 1.42. The van der Waals surface area contributed by atoms with E-state index in [9.17, 15) is 4.79 Å². The predicted octanol–water partition coefficient (Wildman–Crippen LogP) is 1.71. The lowest BCUT2D eigenvalue weighted by Gasteiger charge is -2.18. The largest absolute Gasteiger partial charge is 0.396 e. The van der Waals surface area contributed by atoms with E-state index in [0.717, 1.165) is 23.3 Å². The van der Waals surface area contributed by atoms with Crippen molar-refractivity contribution in [3.63, 3.8) is 0 Å². The van der Waals surface area contributed by atoms with Crippen LogP contribution in [-0.2, 0) is 20.0 Å². The molecule has 0 saturated carbocycles. The molecule has 0 aliphatic carbocycles. The van der Waals surface area contributed by atoms with E-state index in [1.807, 2.05) is 12.1 Å². The first-order valence-electron chi connectivity index (χ1n) is 6.99. The Hall–Kier alpha value is -1.62. The van der Waals surface area contributed by atoms with Crippen LogP contribution in [0.1, 0.15) is 32.9 Å². The summed E-state index contributed by atoms with van der Waals surface area (Å²) in [6.45, 7) is 7.16. The molecule has 0 amide bonds. The fraction of sp³-hybridized carbons (Fsp3) is 0.600. The Bertz CT molecular complexity index is 662. The second-order valence-corrected chi connectivity index (χ2v) is 6.46. The van der Waals surface area contributed by atoms with E-state index in [1.165, 1.54) is 0 Å². The van der Waals surface area contributed by atoms with E-state index in [4.69, 9.17) is 5.11 Å². The van der Waals surface area contributed by atoms with Crippen LogP contribution in [0.3, 0.4) is 0 Å². The standard InChI is InChI=1S/C15H23N3O2/c1-15(2,3)10-18-12-8-7-11(6-5-9-19)16-13(12)17(4)14(18)20/h7-8,19H,5-6,9-10H2,1-4H3. The normalized spacial score (nSPS) is 12.2. The van der Waals surface area contributed by atoms with Crippen molar-refractivity contribution in [2.75, 3.05) is 6.61 Å². The van der Waals surface area contributed by atoms with Gasteiger partial charge in [-0.05, 0) is 30.4 Å². The summed E-state index contributed by atoms with van der Waals surface area (Å²) >= 11 is 0. The summed E-state index contributed by atoms with van der Waals surface area (Å²) < 4.78 is 3.39. The fourth-order valence-electron chi connectivity index (χ4n) is 2.34. The van der Waals surface area contributed by atoms with Crippen molar-refractivity contribution in [3.05, 3.63) is 28.3 Å². The van der Waals surface area contributed by atoms with E-state index in [1.54, 1.807) is 16.2 Å². The van der Waals surface area contributed by atoms with Crippen molar-refractivity contribution >= 4 is 11.2 Å². The summed E-state index contributed by atoms with van der Waals surface area (Å²) in [4.78, 5) is 16.9. The van der Waals surface area contributed by atoms with Gasteiger partial charge in [0.2, 0.25) is 0 Å². The minimum atomic E-state index is -0.0262. The van der Waals surface area contributed by atoms with Gasteiger partial charge in [-0.2, -0.15) is 0 Å². The molecule has 2 rings (SSSR count). The maximum absolute atomic E-state index is 12.3. The number of hydrogen-bond donors (Lipinski definition) is 1. The van der Waals surface area contributed by atoms with Crippen LogP contribution in [0.15, 0.2) is 16.9 Å². The summed E-state index contributed by atoms with van der Waals surface area (Å²) in [7, 11) is 1.76. The first kappa shape index (κ1) is 14.8. The maximum atomic E-state index is 12.3. The third-order valence-electron chi connectivity index (χ3n) is 3.26. The molecule has 0 fully saturated rings. The molecule has 0 atom stereocenters. The van der Waals surface area contributed by atoms with E-state index < -0.39 is 0 Å². The van der Waals surface area contributed by atoms with Crippen molar-refractivity contribution in [1.82, 2.24) is 14.1 Å². The molecule has 0 radical (unpaired) electrons. The van der Waals surface area contributed by atoms with Crippen LogP contribution in [0.5, 0.6) is 0 Å². The first-order chi connectivity index (χ1) is 9.33. The number of aryl methyl sites for hydroxylation is 2. The minimum absolute atomic E-state index is 0.0262. The molecule has 0 unspecified atom stereocenters. The zero-order chi connectivity index (χ0) is 14.9. The first-order valence-corrected chi connectivity index (χ1v) is 6.99. The third kappa shape index (κ3) is 2.93. The van der Waals surface area contributed by atoms with Gasteiger partial charge in [0.05, 0.1) is 5.52 Å². The van der Waals surface area contributed by atoms with Gasteiger partial charge >= 0.3 is 5.69 Å². The number of aliphatic hydroxyl groups excluding tert-OH is 1. The lowest BCUT2D eigenvalue weighted by atomic mass is 9.97. The van der Waals surface area contributed by atoms with Gasteiger partial charge < -0.3 is 5.11 Å². The second-order valence-electron chi connectivity index (χ2n) is 6.46. The number of rotatable bonds is 4. The fourth-order valence-corrected chi connectivity index (χ4v) is 2.34. The van der Waals surface area contributed by atoms with Crippen LogP contribution in [0.25, 0.3) is 11.2 Å². The topological polar surface area (TPSA) is 60.0 Å². The van der Waals surface area contributed by atoms with Gasteiger partial charge in [-0.25, -0.2) is 9.78 Å². The van der Waals surface area contributed by atoms with E-state index in [-0.39, 0.29) is 17.7 Å². The van der Waals surface area contributed by atoms with Gasteiger partial charge in [-0.1, -0.05) is 20.8 Å². The average molecular weight is 277 g/mol. The van der Waals surface area contributed by atoms with Crippen LogP contribution in [0, 0.1) is 5.41 Å². The summed E-state index contributed by atoms with van der Waals surface area (Å²) in [6, 6.07) is 3.90. The van der Waals surface area contributed by atoms with Gasteiger partial charge in [0.1, 0.15) is 0 Å². The Morgan fingerprint density at radius 2 is 2.00 bits per heavy atom. The molecule has 5 heteroatoms. The molecule has 1 N–H and O–H groups in total. The molecule has 0 aromatic carbocycles. The molecule has 0 spiro atoms. The van der Waals surface area contributed by atoms with Crippen molar-refractivity contribution in [3.8, 4) is 0 Å².